The van der Waals surface area contributed by atoms with Gasteiger partial charge in [-0.3, -0.25) is 0 Å². The molecule has 0 spiro atoms. The summed E-state index contributed by atoms with van der Waals surface area (Å²) in [5.41, 5.74) is 12.3. The molecule has 1 aromatic heterocycles. The molecule has 0 saturated carbocycles. The van der Waals surface area contributed by atoms with Crippen molar-refractivity contribution < 1.29 is 0 Å². The molecule has 12 heavy (non-hydrogen) atoms. The summed E-state index contributed by atoms with van der Waals surface area (Å²) in [6, 6.07) is 3.78. The Kier molecular flexibility index (Phi) is 4.62. The van der Waals surface area contributed by atoms with E-state index >= 15 is 0 Å². The van der Waals surface area contributed by atoms with E-state index in [1.807, 2.05) is 19.1 Å². The van der Waals surface area contributed by atoms with Gasteiger partial charge in [-0.05, 0) is 12.5 Å². The van der Waals surface area contributed by atoms with Crippen LogP contribution in [-0.2, 0) is 0 Å². The fourth-order valence-electron chi connectivity index (χ4n) is 0.963. The Morgan fingerprint density at radius 1 is 1.58 bits per heavy atom. The molecular formula is C8H14ClN3. The van der Waals surface area contributed by atoms with Crippen LogP contribution in [-0.4, -0.2) is 4.98 Å². The van der Waals surface area contributed by atoms with Gasteiger partial charge >= 0.3 is 0 Å². The lowest BCUT2D eigenvalue weighted by atomic mass is 10.1. The third-order valence-electron chi connectivity index (χ3n) is 1.71. The minimum Gasteiger partial charge on any atom is -0.383 e. The summed E-state index contributed by atoms with van der Waals surface area (Å²) >= 11 is 0. The van der Waals surface area contributed by atoms with Crippen LogP contribution in [0.1, 0.15) is 24.9 Å². The van der Waals surface area contributed by atoms with Gasteiger partial charge < -0.3 is 11.5 Å². The molecule has 4 N–H and O–H groups in total. The Balaban J connectivity index is 0.00000121. The minimum absolute atomic E-state index is 0. The van der Waals surface area contributed by atoms with Crippen molar-refractivity contribution in [3.8, 4) is 0 Å². The number of pyridine rings is 1. The average Bonchev–Trinajstić information content (AvgIpc) is 2.04. The molecule has 1 heterocycles. The van der Waals surface area contributed by atoms with Gasteiger partial charge in [-0.2, -0.15) is 0 Å². The molecule has 0 aliphatic heterocycles. The number of anilines is 1. The van der Waals surface area contributed by atoms with E-state index in [1.54, 1.807) is 6.20 Å². The van der Waals surface area contributed by atoms with E-state index in [9.17, 15) is 0 Å². The summed E-state index contributed by atoms with van der Waals surface area (Å²) in [5, 5.41) is 0. The zero-order valence-corrected chi connectivity index (χ0v) is 7.84. The Morgan fingerprint density at radius 2 is 2.25 bits per heavy atom. The van der Waals surface area contributed by atoms with Crippen molar-refractivity contribution in [2.75, 3.05) is 5.73 Å². The van der Waals surface area contributed by atoms with Gasteiger partial charge in [-0.1, -0.05) is 13.0 Å². The Bertz CT molecular complexity index is 239. The zero-order valence-electron chi connectivity index (χ0n) is 7.03. The lowest BCUT2D eigenvalue weighted by Crippen LogP contribution is -2.11. The lowest BCUT2D eigenvalue weighted by molar-refractivity contribution is 0.698. The predicted molar refractivity (Wildman–Crippen MR) is 53.1 cm³/mol. The fourth-order valence-corrected chi connectivity index (χ4v) is 0.963. The summed E-state index contributed by atoms with van der Waals surface area (Å²) in [5.74, 6) is 0.543. The number of hydrogen-bond donors (Lipinski definition) is 2. The number of aromatic nitrogens is 1. The van der Waals surface area contributed by atoms with Gasteiger partial charge in [0.2, 0.25) is 0 Å². The molecule has 0 fully saturated rings. The fraction of sp³-hybridized carbons (Fsp3) is 0.375. The topological polar surface area (TPSA) is 64.9 Å². The van der Waals surface area contributed by atoms with E-state index in [4.69, 9.17) is 11.5 Å². The van der Waals surface area contributed by atoms with Crippen molar-refractivity contribution >= 4 is 18.2 Å². The summed E-state index contributed by atoms with van der Waals surface area (Å²) in [6.07, 6.45) is 2.55. The average molecular weight is 188 g/mol. The van der Waals surface area contributed by atoms with Crippen molar-refractivity contribution in [2.45, 2.75) is 19.4 Å². The molecular weight excluding hydrogens is 174 g/mol. The van der Waals surface area contributed by atoms with E-state index in [-0.39, 0.29) is 18.4 Å². The van der Waals surface area contributed by atoms with Gasteiger partial charge in [0.25, 0.3) is 0 Å². The first-order valence-electron chi connectivity index (χ1n) is 3.71. The number of rotatable bonds is 2. The molecule has 1 aromatic rings. The number of nitrogens with zero attached hydrogens (tertiary/aromatic N) is 1. The zero-order chi connectivity index (χ0) is 8.27. The van der Waals surface area contributed by atoms with E-state index in [2.05, 4.69) is 4.98 Å². The largest absolute Gasteiger partial charge is 0.383 e. The number of nitrogens with two attached hydrogens (primary N) is 2. The van der Waals surface area contributed by atoms with E-state index in [0.717, 1.165) is 12.0 Å². The number of halogens is 1. The molecule has 0 unspecified atom stereocenters. The summed E-state index contributed by atoms with van der Waals surface area (Å²) in [6.45, 7) is 2.02. The quantitative estimate of drug-likeness (QED) is 0.738. The van der Waals surface area contributed by atoms with Crippen LogP contribution in [0.15, 0.2) is 18.3 Å². The van der Waals surface area contributed by atoms with Gasteiger partial charge in [0, 0.05) is 17.8 Å². The molecule has 3 nitrogen and oxygen atoms in total. The first-order chi connectivity index (χ1) is 5.25. The number of nitrogen functional groups attached to an aromatic ring is 1. The van der Waals surface area contributed by atoms with Gasteiger partial charge in [-0.15, -0.1) is 12.4 Å². The highest BCUT2D eigenvalue weighted by molar-refractivity contribution is 5.85. The van der Waals surface area contributed by atoms with Crippen LogP contribution in [0.4, 0.5) is 5.82 Å². The van der Waals surface area contributed by atoms with Crippen molar-refractivity contribution in [3.63, 3.8) is 0 Å². The maximum atomic E-state index is 5.78. The van der Waals surface area contributed by atoms with Crippen LogP contribution in [0.2, 0.25) is 0 Å². The van der Waals surface area contributed by atoms with Crippen molar-refractivity contribution in [2.24, 2.45) is 5.73 Å². The minimum atomic E-state index is 0. The first kappa shape index (κ1) is 11.2. The van der Waals surface area contributed by atoms with Gasteiger partial charge in [-0.25, -0.2) is 4.98 Å². The van der Waals surface area contributed by atoms with Crippen LogP contribution >= 0.6 is 12.4 Å². The molecule has 1 rings (SSSR count). The second-order valence-corrected chi connectivity index (χ2v) is 2.49. The summed E-state index contributed by atoms with van der Waals surface area (Å²) < 4.78 is 0. The highest BCUT2D eigenvalue weighted by Crippen LogP contribution is 2.17. The standard InChI is InChI=1S/C8H13N3.ClH/c1-2-7(9)6-4-3-5-11-8(6)10;/h3-5,7H,2,9H2,1H3,(H2,10,11);1H/t7-;/m0./s1. The summed E-state index contributed by atoms with van der Waals surface area (Å²) in [7, 11) is 0. The molecule has 0 saturated heterocycles. The lowest BCUT2D eigenvalue weighted by Gasteiger charge is -2.09. The third-order valence-corrected chi connectivity index (χ3v) is 1.71. The Hall–Kier alpha value is -0.800. The van der Waals surface area contributed by atoms with Crippen LogP contribution in [0.3, 0.4) is 0 Å². The normalized spacial score (nSPS) is 11.8. The highest BCUT2D eigenvalue weighted by Gasteiger charge is 2.05. The molecule has 0 amide bonds. The molecule has 0 radical (unpaired) electrons. The third kappa shape index (κ3) is 2.36. The number of hydrogen-bond acceptors (Lipinski definition) is 3. The van der Waals surface area contributed by atoms with Gasteiger partial charge in [0.15, 0.2) is 0 Å². The maximum Gasteiger partial charge on any atom is 0.128 e. The van der Waals surface area contributed by atoms with Crippen LogP contribution in [0.5, 0.6) is 0 Å². The van der Waals surface area contributed by atoms with Crippen LogP contribution in [0.25, 0.3) is 0 Å². The van der Waals surface area contributed by atoms with E-state index in [0.29, 0.717) is 5.82 Å². The molecule has 0 aliphatic carbocycles. The van der Waals surface area contributed by atoms with Gasteiger partial charge in [0.1, 0.15) is 5.82 Å². The van der Waals surface area contributed by atoms with Crippen molar-refractivity contribution in [3.05, 3.63) is 23.9 Å². The monoisotopic (exact) mass is 187 g/mol. The second kappa shape index (κ2) is 4.95. The molecule has 0 aliphatic rings. The SMILES string of the molecule is CC[C@H](N)c1cccnc1N.Cl. The predicted octanol–water partition coefficient (Wildman–Crippen LogP) is 1.50. The summed E-state index contributed by atoms with van der Waals surface area (Å²) in [4.78, 5) is 3.95. The highest BCUT2D eigenvalue weighted by atomic mass is 35.5. The molecule has 68 valence electrons. The van der Waals surface area contributed by atoms with Gasteiger partial charge in [0.05, 0.1) is 0 Å². The molecule has 0 aromatic carbocycles. The van der Waals surface area contributed by atoms with E-state index < -0.39 is 0 Å². The second-order valence-electron chi connectivity index (χ2n) is 2.49. The smallest absolute Gasteiger partial charge is 0.128 e. The Morgan fingerprint density at radius 3 is 2.75 bits per heavy atom. The molecule has 0 bridgehead atoms. The molecule has 1 atom stereocenters. The first-order valence-corrected chi connectivity index (χ1v) is 3.71. The maximum absolute atomic E-state index is 5.78. The molecule has 4 heteroatoms. The van der Waals surface area contributed by atoms with Crippen LogP contribution in [0, 0.1) is 0 Å². The Labute approximate surface area is 78.6 Å². The van der Waals surface area contributed by atoms with Crippen LogP contribution < -0.4 is 11.5 Å². The van der Waals surface area contributed by atoms with Crippen molar-refractivity contribution in [1.82, 2.24) is 4.98 Å². The van der Waals surface area contributed by atoms with Crippen molar-refractivity contribution in [1.29, 1.82) is 0 Å². The van der Waals surface area contributed by atoms with E-state index in [1.165, 1.54) is 0 Å².